The van der Waals surface area contributed by atoms with Gasteiger partial charge in [0.1, 0.15) is 5.82 Å². The largest absolute Gasteiger partial charge is 0.416 e. The van der Waals surface area contributed by atoms with Gasteiger partial charge in [-0.05, 0) is 35.9 Å². The van der Waals surface area contributed by atoms with E-state index < -0.39 is 17.6 Å². The topological polar surface area (TPSA) is 35.6 Å². The molecule has 0 unspecified atom stereocenters. The summed E-state index contributed by atoms with van der Waals surface area (Å²) in [6.07, 6.45) is -4.34. The fraction of sp³-hybridized carbons (Fsp3) is 0.350. The zero-order valence-corrected chi connectivity index (χ0v) is 15.4. The maximum atomic E-state index is 13.9. The van der Waals surface area contributed by atoms with Crippen molar-refractivity contribution in [3.05, 3.63) is 65.0 Å². The Bertz CT molecular complexity index is 828. The van der Waals surface area contributed by atoms with Crippen molar-refractivity contribution in [3.63, 3.8) is 0 Å². The fourth-order valence-electron chi connectivity index (χ4n) is 3.20. The molecule has 8 heteroatoms. The van der Waals surface area contributed by atoms with Gasteiger partial charge in [0.2, 0.25) is 0 Å². The molecule has 2 aromatic rings. The average molecular weight is 395 g/mol. The molecule has 0 spiro atoms. The van der Waals surface area contributed by atoms with Gasteiger partial charge < -0.3 is 10.2 Å². The third-order valence-corrected chi connectivity index (χ3v) is 4.83. The lowest BCUT2D eigenvalue weighted by Crippen LogP contribution is -2.48. The number of carbonyl (C=O) groups excluding carboxylic acids is 1. The van der Waals surface area contributed by atoms with Gasteiger partial charge in [-0.3, -0.25) is 9.69 Å². The number of rotatable bonds is 4. The second-order valence-corrected chi connectivity index (χ2v) is 6.71. The standard InChI is InChI=1S/C20H21F4N3O/c1-25-18-7-4-15(12-17(18)21)19(28)27-10-8-26(9-11-27)13-14-2-5-16(6-3-14)20(22,23)24/h2-7,12,25H,8-11,13H2,1H3. The highest BCUT2D eigenvalue weighted by atomic mass is 19.4. The van der Waals surface area contributed by atoms with E-state index in [1.165, 1.54) is 24.3 Å². The quantitative estimate of drug-likeness (QED) is 0.799. The van der Waals surface area contributed by atoms with E-state index >= 15 is 0 Å². The number of benzene rings is 2. The molecule has 4 nitrogen and oxygen atoms in total. The van der Waals surface area contributed by atoms with Crippen LogP contribution in [0.5, 0.6) is 0 Å². The molecule has 150 valence electrons. The molecule has 0 aliphatic carbocycles. The zero-order valence-electron chi connectivity index (χ0n) is 15.4. The summed E-state index contributed by atoms with van der Waals surface area (Å²) in [6, 6.07) is 9.47. The number of alkyl halides is 3. The van der Waals surface area contributed by atoms with Crippen LogP contribution in [-0.2, 0) is 12.7 Å². The number of halogens is 4. The number of piperazine rings is 1. The van der Waals surface area contributed by atoms with Crippen molar-refractivity contribution in [2.75, 3.05) is 38.5 Å². The molecule has 3 rings (SSSR count). The molecular weight excluding hydrogens is 374 g/mol. The Balaban J connectivity index is 1.55. The van der Waals surface area contributed by atoms with Crippen molar-refractivity contribution < 1.29 is 22.4 Å². The fourth-order valence-corrected chi connectivity index (χ4v) is 3.20. The molecule has 0 radical (unpaired) electrons. The summed E-state index contributed by atoms with van der Waals surface area (Å²) < 4.78 is 51.8. The summed E-state index contributed by atoms with van der Waals surface area (Å²) in [5, 5.41) is 2.71. The van der Waals surface area contributed by atoms with Crippen molar-refractivity contribution in [2.24, 2.45) is 0 Å². The predicted molar refractivity (Wildman–Crippen MR) is 98.6 cm³/mol. The van der Waals surface area contributed by atoms with Crippen molar-refractivity contribution in [2.45, 2.75) is 12.7 Å². The first-order valence-corrected chi connectivity index (χ1v) is 8.93. The molecule has 1 aliphatic rings. The molecule has 1 aliphatic heterocycles. The average Bonchev–Trinajstić information content (AvgIpc) is 2.67. The Labute approximate surface area is 160 Å². The lowest BCUT2D eigenvalue weighted by molar-refractivity contribution is -0.137. The summed E-state index contributed by atoms with van der Waals surface area (Å²) in [5.41, 5.74) is 0.756. The van der Waals surface area contributed by atoms with E-state index in [0.29, 0.717) is 44.0 Å². The van der Waals surface area contributed by atoms with Crippen molar-refractivity contribution in [1.82, 2.24) is 9.80 Å². The van der Waals surface area contributed by atoms with Gasteiger partial charge in [-0.25, -0.2) is 4.39 Å². The molecule has 2 aromatic carbocycles. The lowest BCUT2D eigenvalue weighted by atomic mass is 10.1. The smallest absolute Gasteiger partial charge is 0.386 e. The minimum atomic E-state index is -4.34. The number of hydrogen-bond donors (Lipinski definition) is 1. The third-order valence-electron chi connectivity index (χ3n) is 4.83. The molecule has 1 N–H and O–H groups in total. The van der Waals surface area contributed by atoms with E-state index in [1.54, 1.807) is 18.0 Å². The van der Waals surface area contributed by atoms with E-state index in [4.69, 9.17) is 0 Å². The minimum absolute atomic E-state index is 0.226. The second-order valence-electron chi connectivity index (χ2n) is 6.71. The molecule has 28 heavy (non-hydrogen) atoms. The van der Waals surface area contributed by atoms with Crippen LogP contribution in [0, 0.1) is 5.82 Å². The minimum Gasteiger partial charge on any atom is -0.386 e. The van der Waals surface area contributed by atoms with Crippen molar-refractivity contribution in [1.29, 1.82) is 0 Å². The van der Waals surface area contributed by atoms with Gasteiger partial charge in [0, 0.05) is 45.3 Å². The molecule has 0 atom stereocenters. The monoisotopic (exact) mass is 395 g/mol. The van der Waals surface area contributed by atoms with Crippen LogP contribution in [0.1, 0.15) is 21.5 Å². The first-order chi connectivity index (χ1) is 13.3. The number of hydrogen-bond acceptors (Lipinski definition) is 3. The van der Waals surface area contributed by atoms with E-state index in [9.17, 15) is 22.4 Å². The zero-order chi connectivity index (χ0) is 20.3. The predicted octanol–water partition coefficient (Wildman–Crippen LogP) is 3.84. The Morgan fingerprint density at radius 2 is 1.68 bits per heavy atom. The Hall–Kier alpha value is -2.61. The molecule has 0 aromatic heterocycles. The first kappa shape index (κ1) is 20.1. The molecule has 0 saturated carbocycles. The maximum Gasteiger partial charge on any atom is 0.416 e. The van der Waals surface area contributed by atoms with Crippen molar-refractivity contribution >= 4 is 11.6 Å². The number of nitrogens with zero attached hydrogens (tertiary/aromatic N) is 2. The number of anilines is 1. The van der Waals surface area contributed by atoms with E-state index in [0.717, 1.165) is 17.7 Å². The van der Waals surface area contributed by atoms with E-state index in [-0.39, 0.29) is 5.91 Å². The molecule has 0 bridgehead atoms. The van der Waals surface area contributed by atoms with Crippen LogP contribution in [0.4, 0.5) is 23.2 Å². The van der Waals surface area contributed by atoms with Gasteiger partial charge in [-0.1, -0.05) is 12.1 Å². The highest BCUT2D eigenvalue weighted by molar-refractivity contribution is 5.94. The van der Waals surface area contributed by atoms with Gasteiger partial charge in [0.05, 0.1) is 11.3 Å². The number of amides is 1. The molecule has 1 amide bonds. The maximum absolute atomic E-state index is 13.9. The number of carbonyl (C=O) groups is 1. The van der Waals surface area contributed by atoms with Gasteiger partial charge in [0.15, 0.2) is 0 Å². The summed E-state index contributed by atoms with van der Waals surface area (Å²) >= 11 is 0. The number of nitrogens with one attached hydrogen (secondary N) is 1. The van der Waals surface area contributed by atoms with Gasteiger partial charge in [-0.2, -0.15) is 13.2 Å². The first-order valence-electron chi connectivity index (χ1n) is 8.93. The van der Waals surface area contributed by atoms with Crippen LogP contribution in [0.2, 0.25) is 0 Å². The third kappa shape index (κ3) is 4.62. The Morgan fingerprint density at radius 1 is 1.04 bits per heavy atom. The van der Waals surface area contributed by atoms with Crippen LogP contribution < -0.4 is 5.32 Å². The van der Waals surface area contributed by atoms with Crippen LogP contribution in [-0.4, -0.2) is 48.9 Å². The van der Waals surface area contributed by atoms with Crippen LogP contribution in [0.25, 0.3) is 0 Å². The van der Waals surface area contributed by atoms with Crippen molar-refractivity contribution in [3.8, 4) is 0 Å². The highest BCUT2D eigenvalue weighted by Crippen LogP contribution is 2.29. The molecule has 1 fully saturated rings. The molecule has 1 saturated heterocycles. The Kier molecular flexibility index (Phi) is 5.88. The second kappa shape index (κ2) is 8.18. The van der Waals surface area contributed by atoms with E-state index in [1.807, 2.05) is 0 Å². The lowest BCUT2D eigenvalue weighted by Gasteiger charge is -2.34. The summed E-state index contributed by atoms with van der Waals surface area (Å²) in [5.74, 6) is -0.704. The van der Waals surface area contributed by atoms with Crippen LogP contribution in [0.15, 0.2) is 42.5 Å². The summed E-state index contributed by atoms with van der Waals surface area (Å²) in [4.78, 5) is 16.3. The van der Waals surface area contributed by atoms with Gasteiger partial charge >= 0.3 is 6.18 Å². The normalized spacial score (nSPS) is 15.5. The summed E-state index contributed by atoms with van der Waals surface area (Å²) in [7, 11) is 1.61. The van der Waals surface area contributed by atoms with E-state index in [2.05, 4.69) is 10.2 Å². The Morgan fingerprint density at radius 3 is 2.21 bits per heavy atom. The SMILES string of the molecule is CNc1ccc(C(=O)N2CCN(Cc3ccc(C(F)(F)F)cc3)CC2)cc1F. The molecule has 1 heterocycles. The molecular formula is C20H21F4N3O. The highest BCUT2D eigenvalue weighted by Gasteiger charge is 2.30. The van der Waals surface area contributed by atoms with Gasteiger partial charge in [-0.15, -0.1) is 0 Å². The summed E-state index contributed by atoms with van der Waals surface area (Å²) in [6.45, 7) is 2.68. The van der Waals surface area contributed by atoms with Gasteiger partial charge in [0.25, 0.3) is 5.91 Å². The van der Waals surface area contributed by atoms with Crippen LogP contribution >= 0.6 is 0 Å². The van der Waals surface area contributed by atoms with Crippen LogP contribution in [0.3, 0.4) is 0 Å².